The number of rotatable bonds is 6. The van der Waals surface area contributed by atoms with Gasteiger partial charge in [0.1, 0.15) is 5.75 Å². The predicted octanol–water partition coefficient (Wildman–Crippen LogP) is 2.21. The lowest BCUT2D eigenvalue weighted by Crippen LogP contribution is -2.38. The second-order valence-electron chi connectivity index (χ2n) is 7.17. The number of hydrogen-bond donors (Lipinski definition) is 0. The Bertz CT molecular complexity index is 682. The van der Waals surface area contributed by atoms with Crippen molar-refractivity contribution in [2.45, 2.75) is 50.6 Å². The highest BCUT2D eigenvalue weighted by Gasteiger charge is 2.39. The Morgan fingerprint density at radius 3 is 2.78 bits per heavy atom. The molecule has 1 saturated heterocycles. The maximum Gasteiger partial charge on any atom is 0.151 e. The van der Waals surface area contributed by atoms with Gasteiger partial charge in [-0.2, -0.15) is 0 Å². The molecule has 4 nitrogen and oxygen atoms in total. The number of aryl methyl sites for hydroxylation is 1. The van der Waals surface area contributed by atoms with E-state index in [9.17, 15) is 8.42 Å². The minimum absolute atomic E-state index is 0.265. The highest BCUT2D eigenvalue weighted by atomic mass is 32.2. The van der Waals surface area contributed by atoms with E-state index in [1.807, 2.05) is 0 Å². The predicted molar refractivity (Wildman–Crippen MR) is 90.7 cm³/mol. The van der Waals surface area contributed by atoms with Crippen LogP contribution in [0.25, 0.3) is 0 Å². The Labute approximate surface area is 138 Å². The van der Waals surface area contributed by atoms with Crippen LogP contribution in [0.15, 0.2) is 18.2 Å². The van der Waals surface area contributed by atoms with Crippen LogP contribution in [0.5, 0.6) is 5.75 Å². The number of sulfone groups is 1. The highest BCUT2D eigenvalue weighted by molar-refractivity contribution is 7.91. The summed E-state index contributed by atoms with van der Waals surface area (Å²) in [5.41, 5.74) is 2.72. The maximum atomic E-state index is 11.8. The lowest BCUT2D eigenvalue weighted by atomic mass is 10.0. The molecule has 2 aliphatic heterocycles. The summed E-state index contributed by atoms with van der Waals surface area (Å²) in [5.74, 6) is 1.80. The molecule has 0 bridgehead atoms. The molecule has 1 atom stereocenters. The fraction of sp³-hybridized carbons (Fsp3) is 0.667. The van der Waals surface area contributed by atoms with Crippen LogP contribution in [0.2, 0.25) is 0 Å². The SMILES string of the molecule is O=S1(=O)CC[C@H](N(CCCc2ccc3c(c2)CCO3)C2CC2)C1. The van der Waals surface area contributed by atoms with Crippen molar-refractivity contribution in [1.29, 1.82) is 0 Å². The van der Waals surface area contributed by atoms with Crippen LogP contribution in [0.4, 0.5) is 0 Å². The Morgan fingerprint density at radius 2 is 2.04 bits per heavy atom. The van der Waals surface area contributed by atoms with Gasteiger partial charge in [-0.1, -0.05) is 12.1 Å². The molecule has 0 N–H and O–H groups in total. The fourth-order valence-electron chi connectivity index (χ4n) is 3.97. The topological polar surface area (TPSA) is 46.6 Å². The molecule has 0 aromatic heterocycles. The number of fused-ring (bicyclic) bond motifs is 1. The molecule has 2 fully saturated rings. The summed E-state index contributed by atoms with van der Waals surface area (Å²) in [6.07, 6.45) is 6.51. The number of benzene rings is 1. The van der Waals surface area contributed by atoms with Gasteiger partial charge < -0.3 is 4.74 Å². The van der Waals surface area contributed by atoms with E-state index in [4.69, 9.17) is 4.74 Å². The zero-order valence-corrected chi connectivity index (χ0v) is 14.4. The van der Waals surface area contributed by atoms with E-state index >= 15 is 0 Å². The second-order valence-corrected chi connectivity index (χ2v) is 9.40. The maximum absolute atomic E-state index is 11.8. The van der Waals surface area contributed by atoms with Gasteiger partial charge in [-0.3, -0.25) is 4.90 Å². The van der Waals surface area contributed by atoms with Gasteiger partial charge >= 0.3 is 0 Å². The third-order valence-corrected chi connectivity index (χ3v) is 7.08. The monoisotopic (exact) mass is 335 g/mol. The van der Waals surface area contributed by atoms with Gasteiger partial charge in [-0.05, 0) is 55.8 Å². The van der Waals surface area contributed by atoms with E-state index in [1.54, 1.807) is 0 Å². The Balaban J connectivity index is 1.34. The van der Waals surface area contributed by atoms with E-state index in [0.29, 0.717) is 17.5 Å². The fourth-order valence-corrected chi connectivity index (χ4v) is 5.71. The first-order chi connectivity index (χ1) is 11.1. The lowest BCUT2D eigenvalue weighted by Gasteiger charge is -2.28. The minimum atomic E-state index is -2.79. The summed E-state index contributed by atoms with van der Waals surface area (Å²) in [7, 11) is -2.79. The molecule has 2 heterocycles. The molecule has 1 aromatic carbocycles. The van der Waals surface area contributed by atoms with E-state index in [0.717, 1.165) is 44.6 Å². The molecule has 5 heteroatoms. The second kappa shape index (κ2) is 6.10. The summed E-state index contributed by atoms with van der Waals surface area (Å²) < 4.78 is 29.1. The Hall–Kier alpha value is -1.07. The zero-order valence-electron chi connectivity index (χ0n) is 13.5. The van der Waals surface area contributed by atoms with Crippen molar-refractivity contribution in [2.75, 3.05) is 24.7 Å². The van der Waals surface area contributed by atoms with Gasteiger partial charge in [0.15, 0.2) is 9.84 Å². The first-order valence-corrected chi connectivity index (χ1v) is 10.6. The van der Waals surface area contributed by atoms with Crippen molar-refractivity contribution < 1.29 is 13.2 Å². The Kier molecular flexibility index (Phi) is 4.10. The number of nitrogens with zero attached hydrogens (tertiary/aromatic N) is 1. The summed E-state index contributed by atoms with van der Waals surface area (Å²) >= 11 is 0. The first-order valence-electron chi connectivity index (χ1n) is 8.81. The molecule has 1 aliphatic carbocycles. The zero-order chi connectivity index (χ0) is 15.9. The van der Waals surface area contributed by atoms with Crippen molar-refractivity contribution in [3.05, 3.63) is 29.3 Å². The summed E-state index contributed by atoms with van der Waals surface area (Å²) in [4.78, 5) is 2.49. The third kappa shape index (κ3) is 3.56. The van der Waals surface area contributed by atoms with E-state index in [2.05, 4.69) is 23.1 Å². The third-order valence-electron chi connectivity index (χ3n) is 5.33. The highest BCUT2D eigenvalue weighted by Crippen LogP contribution is 2.32. The molecule has 0 amide bonds. The Morgan fingerprint density at radius 1 is 1.17 bits per heavy atom. The molecule has 1 saturated carbocycles. The van der Waals surface area contributed by atoms with Crippen LogP contribution in [0.1, 0.15) is 36.8 Å². The standard InChI is InChI=1S/C18H25NO3S/c20-23(21)11-8-17(13-23)19(16-4-5-16)9-1-2-14-3-6-18-15(12-14)7-10-22-18/h3,6,12,16-17H,1-2,4-5,7-11,13H2/t17-/m0/s1. The van der Waals surface area contributed by atoms with E-state index < -0.39 is 9.84 Å². The largest absolute Gasteiger partial charge is 0.493 e. The molecule has 23 heavy (non-hydrogen) atoms. The number of hydrogen-bond acceptors (Lipinski definition) is 4. The van der Waals surface area contributed by atoms with Gasteiger partial charge in [0.2, 0.25) is 0 Å². The molecule has 0 radical (unpaired) electrons. The molecule has 4 rings (SSSR count). The molecular formula is C18H25NO3S. The van der Waals surface area contributed by atoms with Gasteiger partial charge in [0.05, 0.1) is 18.1 Å². The molecule has 0 spiro atoms. The van der Waals surface area contributed by atoms with Crippen LogP contribution in [0.3, 0.4) is 0 Å². The summed E-state index contributed by atoms with van der Waals surface area (Å²) in [6, 6.07) is 7.46. The van der Waals surface area contributed by atoms with Crippen LogP contribution >= 0.6 is 0 Å². The molecule has 126 valence electrons. The first kappa shape index (κ1) is 15.5. The van der Waals surface area contributed by atoms with Crippen molar-refractivity contribution in [3.8, 4) is 5.75 Å². The van der Waals surface area contributed by atoms with Crippen LogP contribution in [-0.4, -0.2) is 50.1 Å². The van der Waals surface area contributed by atoms with Crippen LogP contribution < -0.4 is 4.74 Å². The van der Waals surface area contributed by atoms with Gasteiger partial charge in [0, 0.05) is 18.5 Å². The van der Waals surface area contributed by atoms with Crippen molar-refractivity contribution in [1.82, 2.24) is 4.90 Å². The molecule has 3 aliphatic rings. The molecular weight excluding hydrogens is 310 g/mol. The van der Waals surface area contributed by atoms with E-state index in [-0.39, 0.29) is 6.04 Å². The normalized spacial score (nSPS) is 25.5. The lowest BCUT2D eigenvalue weighted by molar-refractivity contribution is 0.199. The van der Waals surface area contributed by atoms with Crippen LogP contribution in [-0.2, 0) is 22.7 Å². The molecule has 1 aromatic rings. The summed E-state index contributed by atoms with van der Waals surface area (Å²) in [6.45, 7) is 1.84. The van der Waals surface area contributed by atoms with Crippen molar-refractivity contribution in [2.24, 2.45) is 0 Å². The van der Waals surface area contributed by atoms with Gasteiger partial charge in [-0.25, -0.2) is 8.42 Å². The van der Waals surface area contributed by atoms with Gasteiger partial charge in [0.25, 0.3) is 0 Å². The quantitative estimate of drug-likeness (QED) is 0.800. The van der Waals surface area contributed by atoms with E-state index in [1.165, 1.54) is 24.0 Å². The average molecular weight is 335 g/mol. The van der Waals surface area contributed by atoms with Crippen molar-refractivity contribution in [3.63, 3.8) is 0 Å². The van der Waals surface area contributed by atoms with Gasteiger partial charge in [-0.15, -0.1) is 0 Å². The van der Waals surface area contributed by atoms with Crippen LogP contribution in [0, 0.1) is 0 Å². The summed E-state index contributed by atoms with van der Waals surface area (Å²) in [5, 5.41) is 0. The minimum Gasteiger partial charge on any atom is -0.493 e. The smallest absolute Gasteiger partial charge is 0.151 e. The van der Waals surface area contributed by atoms with Crippen molar-refractivity contribution >= 4 is 9.84 Å². The average Bonchev–Trinajstić information content (AvgIpc) is 3.14. The molecule has 0 unspecified atom stereocenters. The number of ether oxygens (including phenoxy) is 1.